The van der Waals surface area contributed by atoms with Gasteiger partial charge in [0.2, 0.25) is 0 Å². The van der Waals surface area contributed by atoms with E-state index in [2.05, 4.69) is 20.6 Å². The van der Waals surface area contributed by atoms with Crippen LogP contribution in [0.2, 0.25) is 0 Å². The van der Waals surface area contributed by atoms with Crippen molar-refractivity contribution in [3.8, 4) is 0 Å². The number of anilines is 1. The van der Waals surface area contributed by atoms with E-state index in [0.717, 1.165) is 19.4 Å². The second-order valence-electron chi connectivity index (χ2n) is 4.95. The lowest BCUT2D eigenvalue weighted by Crippen LogP contribution is -2.32. The number of carbonyl (C=O) groups is 1. The fraction of sp³-hybridized carbons (Fsp3) is 0.643. The molecular formula is C14H22N4O3. The molecule has 1 aliphatic rings. The lowest BCUT2D eigenvalue weighted by Gasteiger charge is -2.11. The summed E-state index contributed by atoms with van der Waals surface area (Å²) in [5.41, 5.74) is 0.361. The lowest BCUT2D eigenvalue weighted by atomic mass is 10.2. The summed E-state index contributed by atoms with van der Waals surface area (Å²) in [6.45, 7) is 4.26. The largest absolute Gasteiger partial charge is 0.383 e. The van der Waals surface area contributed by atoms with Crippen molar-refractivity contribution in [3.63, 3.8) is 0 Å². The zero-order valence-electron chi connectivity index (χ0n) is 12.5. The Balaban J connectivity index is 1.92. The van der Waals surface area contributed by atoms with Crippen molar-refractivity contribution in [2.75, 3.05) is 38.7 Å². The molecule has 0 saturated carbocycles. The Bertz CT molecular complexity index is 475. The van der Waals surface area contributed by atoms with Gasteiger partial charge in [-0.1, -0.05) is 0 Å². The quantitative estimate of drug-likeness (QED) is 0.722. The molecule has 0 bridgehead atoms. The highest BCUT2D eigenvalue weighted by molar-refractivity contribution is 5.92. The molecule has 2 rings (SSSR count). The van der Waals surface area contributed by atoms with Crippen molar-refractivity contribution in [1.82, 2.24) is 15.3 Å². The molecule has 1 amide bonds. The van der Waals surface area contributed by atoms with E-state index in [1.165, 1.54) is 0 Å². The fourth-order valence-electron chi connectivity index (χ4n) is 2.16. The van der Waals surface area contributed by atoms with Crippen LogP contribution in [0.1, 0.15) is 29.2 Å². The number of hydrogen-bond donors (Lipinski definition) is 2. The van der Waals surface area contributed by atoms with Crippen molar-refractivity contribution in [2.45, 2.75) is 25.9 Å². The van der Waals surface area contributed by atoms with Gasteiger partial charge in [-0.05, 0) is 19.8 Å². The second kappa shape index (κ2) is 7.90. The monoisotopic (exact) mass is 294 g/mol. The summed E-state index contributed by atoms with van der Waals surface area (Å²) in [6, 6.07) is 1.65. The number of aryl methyl sites for hydroxylation is 1. The third-order valence-corrected chi connectivity index (χ3v) is 3.20. The van der Waals surface area contributed by atoms with E-state index in [-0.39, 0.29) is 12.0 Å². The molecule has 116 valence electrons. The van der Waals surface area contributed by atoms with Crippen LogP contribution in [0, 0.1) is 6.92 Å². The molecular weight excluding hydrogens is 272 g/mol. The highest BCUT2D eigenvalue weighted by atomic mass is 16.5. The van der Waals surface area contributed by atoms with Gasteiger partial charge in [-0.3, -0.25) is 4.79 Å². The van der Waals surface area contributed by atoms with Crippen molar-refractivity contribution in [1.29, 1.82) is 0 Å². The van der Waals surface area contributed by atoms with Gasteiger partial charge in [0.25, 0.3) is 5.91 Å². The summed E-state index contributed by atoms with van der Waals surface area (Å²) in [6.07, 6.45) is 2.17. The van der Waals surface area contributed by atoms with E-state index in [1.807, 2.05) is 0 Å². The van der Waals surface area contributed by atoms with Crippen LogP contribution in [0.4, 0.5) is 5.82 Å². The van der Waals surface area contributed by atoms with Crippen LogP contribution in [-0.2, 0) is 9.47 Å². The number of amides is 1. The first-order chi connectivity index (χ1) is 10.2. The van der Waals surface area contributed by atoms with Crippen molar-refractivity contribution < 1.29 is 14.3 Å². The van der Waals surface area contributed by atoms with Crippen molar-refractivity contribution >= 4 is 11.7 Å². The molecule has 0 aromatic carbocycles. The number of nitrogens with zero attached hydrogens (tertiary/aromatic N) is 2. The maximum absolute atomic E-state index is 12.1. The molecule has 7 nitrogen and oxygen atoms in total. The van der Waals surface area contributed by atoms with Crippen LogP contribution < -0.4 is 10.6 Å². The maximum atomic E-state index is 12.1. The Morgan fingerprint density at radius 2 is 2.38 bits per heavy atom. The van der Waals surface area contributed by atoms with Gasteiger partial charge in [0.15, 0.2) is 0 Å². The number of rotatable bonds is 7. The van der Waals surface area contributed by atoms with Gasteiger partial charge in [-0.25, -0.2) is 9.97 Å². The highest BCUT2D eigenvalue weighted by Gasteiger charge is 2.17. The summed E-state index contributed by atoms with van der Waals surface area (Å²) < 4.78 is 10.4. The van der Waals surface area contributed by atoms with Crippen molar-refractivity contribution in [3.05, 3.63) is 17.6 Å². The van der Waals surface area contributed by atoms with Crippen LogP contribution in [0.3, 0.4) is 0 Å². The lowest BCUT2D eigenvalue weighted by molar-refractivity contribution is 0.0853. The fourth-order valence-corrected chi connectivity index (χ4v) is 2.16. The average Bonchev–Trinajstić information content (AvgIpc) is 2.98. The second-order valence-corrected chi connectivity index (χ2v) is 4.95. The number of carbonyl (C=O) groups excluding carboxylic acids is 1. The Labute approximate surface area is 124 Å². The minimum Gasteiger partial charge on any atom is -0.383 e. The number of methoxy groups -OCH3 is 1. The van der Waals surface area contributed by atoms with Crippen LogP contribution in [0.25, 0.3) is 0 Å². The van der Waals surface area contributed by atoms with Gasteiger partial charge >= 0.3 is 0 Å². The Hall–Kier alpha value is -1.73. The summed E-state index contributed by atoms with van der Waals surface area (Å²) in [7, 11) is 1.64. The zero-order chi connectivity index (χ0) is 15.1. The van der Waals surface area contributed by atoms with Crippen LogP contribution in [0.5, 0.6) is 0 Å². The average molecular weight is 294 g/mol. The first-order valence-corrected chi connectivity index (χ1v) is 7.17. The zero-order valence-corrected chi connectivity index (χ0v) is 12.5. The first-order valence-electron chi connectivity index (χ1n) is 7.17. The van der Waals surface area contributed by atoms with Gasteiger partial charge in [0.05, 0.1) is 12.7 Å². The van der Waals surface area contributed by atoms with Gasteiger partial charge in [0, 0.05) is 32.9 Å². The van der Waals surface area contributed by atoms with E-state index in [0.29, 0.717) is 37.0 Å². The van der Waals surface area contributed by atoms with E-state index in [4.69, 9.17) is 9.47 Å². The smallest absolute Gasteiger partial charge is 0.270 e. The minimum absolute atomic E-state index is 0.121. The number of ether oxygens (including phenoxy) is 2. The Morgan fingerprint density at radius 1 is 1.52 bits per heavy atom. The van der Waals surface area contributed by atoms with Crippen LogP contribution in [0.15, 0.2) is 6.07 Å². The standard InChI is InChI=1S/C14H22N4O3/c1-10-17-12(8-13(18-10)15-5-7-20-2)14(19)16-9-11-4-3-6-21-11/h8,11H,3-7,9H2,1-2H3,(H,16,19)(H,15,17,18). The first kappa shape index (κ1) is 15.7. The molecule has 0 aliphatic carbocycles. The highest BCUT2D eigenvalue weighted by Crippen LogP contribution is 2.11. The summed E-state index contributed by atoms with van der Waals surface area (Å²) >= 11 is 0. The molecule has 21 heavy (non-hydrogen) atoms. The van der Waals surface area contributed by atoms with E-state index < -0.39 is 0 Å². The third kappa shape index (κ3) is 4.95. The van der Waals surface area contributed by atoms with Gasteiger partial charge < -0.3 is 20.1 Å². The number of hydrogen-bond acceptors (Lipinski definition) is 6. The van der Waals surface area contributed by atoms with Crippen LogP contribution >= 0.6 is 0 Å². The van der Waals surface area contributed by atoms with E-state index in [1.54, 1.807) is 20.1 Å². The molecule has 1 saturated heterocycles. The topological polar surface area (TPSA) is 85.4 Å². The molecule has 1 aromatic heterocycles. The van der Waals surface area contributed by atoms with Gasteiger partial charge in [-0.2, -0.15) is 0 Å². The molecule has 0 spiro atoms. The molecule has 1 fully saturated rings. The van der Waals surface area contributed by atoms with Gasteiger partial charge in [0.1, 0.15) is 17.3 Å². The molecule has 0 radical (unpaired) electrons. The molecule has 1 unspecified atom stereocenters. The molecule has 7 heteroatoms. The predicted molar refractivity (Wildman–Crippen MR) is 78.4 cm³/mol. The molecule has 1 aliphatic heterocycles. The summed E-state index contributed by atoms with van der Waals surface area (Å²) in [5, 5.41) is 5.95. The SMILES string of the molecule is COCCNc1cc(C(=O)NCC2CCCO2)nc(C)n1. The Morgan fingerprint density at radius 3 is 3.10 bits per heavy atom. The van der Waals surface area contributed by atoms with E-state index >= 15 is 0 Å². The van der Waals surface area contributed by atoms with Crippen LogP contribution in [-0.4, -0.2) is 55.4 Å². The summed E-state index contributed by atoms with van der Waals surface area (Å²) in [4.78, 5) is 20.5. The van der Waals surface area contributed by atoms with Gasteiger partial charge in [-0.15, -0.1) is 0 Å². The van der Waals surface area contributed by atoms with E-state index in [9.17, 15) is 4.79 Å². The summed E-state index contributed by atoms with van der Waals surface area (Å²) in [5.74, 6) is 0.979. The third-order valence-electron chi connectivity index (χ3n) is 3.20. The van der Waals surface area contributed by atoms with Crippen molar-refractivity contribution in [2.24, 2.45) is 0 Å². The normalized spacial score (nSPS) is 17.7. The maximum Gasteiger partial charge on any atom is 0.270 e. The molecule has 2 N–H and O–H groups in total. The molecule has 2 heterocycles. The predicted octanol–water partition coefficient (Wildman–Crippen LogP) is 0.752. The number of nitrogens with one attached hydrogen (secondary N) is 2. The molecule has 1 aromatic rings. The Kier molecular flexibility index (Phi) is 5.89. The minimum atomic E-state index is -0.203. The number of aromatic nitrogens is 2. The molecule has 1 atom stereocenters.